The summed E-state index contributed by atoms with van der Waals surface area (Å²) in [5, 5.41) is 7.77. The maximum atomic E-state index is 3.98. The fraction of sp³-hybridized carbons (Fsp3) is 0.714. The largest absolute Gasteiger partial charge is 0.320 e. The fourth-order valence-corrected chi connectivity index (χ4v) is 0.803. The van der Waals surface area contributed by atoms with Crippen molar-refractivity contribution in [1.29, 1.82) is 0 Å². The molecule has 0 aliphatic rings. The first-order valence-corrected chi connectivity index (χ1v) is 3.75. The number of nitrogens with zero attached hydrogens (tertiary/aromatic N) is 4. The Labute approximate surface area is 66.8 Å². The molecular weight excluding hydrogens is 140 g/mol. The molecule has 0 aromatic carbocycles. The second-order valence-electron chi connectivity index (χ2n) is 2.69. The fourth-order valence-electron chi connectivity index (χ4n) is 0.803. The maximum Gasteiger partial charge on any atom is 0.146 e. The molecule has 1 rings (SSSR count). The highest BCUT2D eigenvalue weighted by Crippen LogP contribution is 1.95. The molecule has 0 amide bonds. The third-order valence-electron chi connectivity index (χ3n) is 1.76. The zero-order valence-corrected chi connectivity index (χ0v) is 7.28. The van der Waals surface area contributed by atoms with Crippen molar-refractivity contribution in [2.45, 2.75) is 13.5 Å². The zero-order valence-electron chi connectivity index (χ0n) is 7.28. The molecule has 0 N–H and O–H groups in total. The van der Waals surface area contributed by atoms with Crippen molar-refractivity contribution in [3.05, 3.63) is 12.2 Å². The topological polar surface area (TPSA) is 34.0 Å². The number of aryl methyl sites for hydroxylation is 1. The summed E-state index contributed by atoms with van der Waals surface area (Å²) in [4.78, 5) is 2.18. The van der Waals surface area contributed by atoms with Crippen LogP contribution in [0.5, 0.6) is 0 Å². The van der Waals surface area contributed by atoms with E-state index in [1.54, 1.807) is 6.33 Å². The Balaban J connectivity index is 2.56. The summed E-state index contributed by atoms with van der Waals surface area (Å²) in [6.07, 6.45) is 1.72. The second-order valence-corrected chi connectivity index (χ2v) is 2.69. The van der Waals surface area contributed by atoms with Gasteiger partial charge in [0.25, 0.3) is 0 Å². The number of hydrogen-bond donors (Lipinski definition) is 0. The van der Waals surface area contributed by atoms with E-state index in [0.717, 1.165) is 18.9 Å². The first kappa shape index (κ1) is 8.20. The van der Waals surface area contributed by atoms with E-state index >= 15 is 0 Å². The van der Waals surface area contributed by atoms with Crippen LogP contribution in [0, 0.1) is 0 Å². The van der Waals surface area contributed by atoms with Crippen LogP contribution in [-0.2, 0) is 13.6 Å². The van der Waals surface area contributed by atoms with E-state index in [1.807, 2.05) is 11.6 Å². The molecule has 1 aromatic rings. The van der Waals surface area contributed by atoms with Crippen LogP contribution < -0.4 is 0 Å². The van der Waals surface area contributed by atoms with Crippen molar-refractivity contribution in [2.75, 3.05) is 13.6 Å². The summed E-state index contributed by atoms with van der Waals surface area (Å²) in [7, 11) is 4.02. The molecule has 62 valence electrons. The van der Waals surface area contributed by atoms with Crippen LogP contribution in [0.2, 0.25) is 0 Å². The molecule has 0 unspecified atom stereocenters. The first-order chi connectivity index (χ1) is 5.24. The normalized spacial score (nSPS) is 10.9. The number of rotatable bonds is 3. The van der Waals surface area contributed by atoms with Crippen LogP contribution in [0.3, 0.4) is 0 Å². The van der Waals surface area contributed by atoms with Crippen LogP contribution >= 0.6 is 0 Å². The standard InChI is InChI=1S/C7H14N4/c1-4-10(2)5-7-9-8-6-11(7)3/h6H,4-5H2,1-3H3. The zero-order chi connectivity index (χ0) is 8.27. The Kier molecular flexibility index (Phi) is 2.59. The summed E-state index contributed by atoms with van der Waals surface area (Å²) < 4.78 is 1.94. The number of aromatic nitrogens is 3. The molecule has 0 spiro atoms. The summed E-state index contributed by atoms with van der Waals surface area (Å²) in [6, 6.07) is 0. The highest BCUT2D eigenvalue weighted by Gasteiger charge is 2.02. The van der Waals surface area contributed by atoms with Crippen molar-refractivity contribution < 1.29 is 0 Å². The quantitative estimate of drug-likeness (QED) is 0.626. The van der Waals surface area contributed by atoms with Gasteiger partial charge in [-0.25, -0.2) is 0 Å². The van der Waals surface area contributed by atoms with Gasteiger partial charge in [0.2, 0.25) is 0 Å². The van der Waals surface area contributed by atoms with Crippen LogP contribution in [0.4, 0.5) is 0 Å². The maximum absolute atomic E-state index is 3.98. The summed E-state index contributed by atoms with van der Waals surface area (Å²) in [6.45, 7) is 4.02. The SMILES string of the molecule is CCN(C)Cc1nncn1C. The van der Waals surface area contributed by atoms with Crippen LogP contribution in [0.25, 0.3) is 0 Å². The molecule has 4 nitrogen and oxygen atoms in total. The summed E-state index contributed by atoms with van der Waals surface area (Å²) in [5.74, 6) is 1.01. The van der Waals surface area contributed by atoms with E-state index < -0.39 is 0 Å². The van der Waals surface area contributed by atoms with Crippen molar-refractivity contribution in [1.82, 2.24) is 19.7 Å². The number of hydrogen-bond acceptors (Lipinski definition) is 3. The van der Waals surface area contributed by atoms with E-state index in [9.17, 15) is 0 Å². The van der Waals surface area contributed by atoms with E-state index in [2.05, 4.69) is 29.1 Å². The molecule has 0 aliphatic carbocycles. The lowest BCUT2D eigenvalue weighted by molar-refractivity contribution is 0.332. The first-order valence-electron chi connectivity index (χ1n) is 3.75. The molecule has 4 heteroatoms. The van der Waals surface area contributed by atoms with E-state index in [0.29, 0.717) is 0 Å². The van der Waals surface area contributed by atoms with Crippen molar-refractivity contribution in [2.24, 2.45) is 7.05 Å². The minimum atomic E-state index is 0.868. The molecule has 11 heavy (non-hydrogen) atoms. The van der Waals surface area contributed by atoms with Crippen LogP contribution in [0.15, 0.2) is 6.33 Å². The molecule has 0 bridgehead atoms. The average Bonchev–Trinajstić information content (AvgIpc) is 2.37. The molecule has 1 heterocycles. The highest BCUT2D eigenvalue weighted by atomic mass is 15.3. The molecule has 0 saturated heterocycles. The van der Waals surface area contributed by atoms with Crippen LogP contribution in [-0.4, -0.2) is 33.3 Å². The Morgan fingerprint density at radius 1 is 1.64 bits per heavy atom. The second kappa shape index (κ2) is 3.48. The monoisotopic (exact) mass is 154 g/mol. The van der Waals surface area contributed by atoms with Gasteiger partial charge >= 0.3 is 0 Å². The lowest BCUT2D eigenvalue weighted by Crippen LogP contribution is -2.19. The van der Waals surface area contributed by atoms with Gasteiger partial charge in [-0.2, -0.15) is 0 Å². The van der Waals surface area contributed by atoms with Gasteiger partial charge in [-0.3, -0.25) is 4.90 Å². The van der Waals surface area contributed by atoms with Crippen LogP contribution in [0.1, 0.15) is 12.7 Å². The average molecular weight is 154 g/mol. The third-order valence-corrected chi connectivity index (χ3v) is 1.76. The van der Waals surface area contributed by atoms with Gasteiger partial charge in [-0.15, -0.1) is 10.2 Å². The Morgan fingerprint density at radius 3 is 2.82 bits per heavy atom. The third kappa shape index (κ3) is 2.01. The molecule has 0 atom stereocenters. The van der Waals surface area contributed by atoms with Gasteiger partial charge in [-0.05, 0) is 13.6 Å². The van der Waals surface area contributed by atoms with Gasteiger partial charge in [0.05, 0.1) is 6.54 Å². The Morgan fingerprint density at radius 2 is 2.36 bits per heavy atom. The van der Waals surface area contributed by atoms with Gasteiger partial charge in [-0.1, -0.05) is 6.92 Å². The van der Waals surface area contributed by atoms with E-state index in [-0.39, 0.29) is 0 Å². The predicted octanol–water partition coefficient (Wildman–Crippen LogP) is 0.267. The van der Waals surface area contributed by atoms with Gasteiger partial charge in [0, 0.05) is 7.05 Å². The lowest BCUT2D eigenvalue weighted by Gasteiger charge is -2.11. The minimum Gasteiger partial charge on any atom is -0.320 e. The molecule has 0 aliphatic heterocycles. The van der Waals surface area contributed by atoms with Gasteiger partial charge in [0.1, 0.15) is 12.2 Å². The lowest BCUT2D eigenvalue weighted by atomic mass is 10.5. The van der Waals surface area contributed by atoms with Gasteiger partial charge < -0.3 is 4.57 Å². The molecule has 0 radical (unpaired) electrons. The highest BCUT2D eigenvalue weighted by molar-refractivity contribution is 4.83. The van der Waals surface area contributed by atoms with Gasteiger partial charge in [0.15, 0.2) is 0 Å². The van der Waals surface area contributed by atoms with Crippen molar-refractivity contribution in [3.63, 3.8) is 0 Å². The van der Waals surface area contributed by atoms with Crippen molar-refractivity contribution >= 4 is 0 Å². The Bertz CT molecular complexity index is 218. The minimum absolute atomic E-state index is 0.868. The summed E-state index contributed by atoms with van der Waals surface area (Å²) >= 11 is 0. The smallest absolute Gasteiger partial charge is 0.146 e. The molecule has 0 fully saturated rings. The molecule has 0 saturated carbocycles. The van der Waals surface area contributed by atoms with Crippen molar-refractivity contribution in [3.8, 4) is 0 Å². The predicted molar refractivity (Wildman–Crippen MR) is 43.0 cm³/mol. The Hall–Kier alpha value is -0.900. The van der Waals surface area contributed by atoms with E-state index in [1.165, 1.54) is 0 Å². The summed E-state index contributed by atoms with van der Waals surface area (Å²) in [5.41, 5.74) is 0. The molecule has 1 aromatic heterocycles. The molecular formula is C7H14N4. The van der Waals surface area contributed by atoms with E-state index in [4.69, 9.17) is 0 Å².